The quantitative estimate of drug-likeness (QED) is 0.849. The van der Waals surface area contributed by atoms with Crippen LogP contribution in [-0.2, 0) is 6.42 Å². The van der Waals surface area contributed by atoms with Crippen LogP contribution in [0.2, 0.25) is 0 Å². The van der Waals surface area contributed by atoms with Gasteiger partial charge in [-0.2, -0.15) is 11.8 Å². The van der Waals surface area contributed by atoms with Gasteiger partial charge >= 0.3 is 0 Å². The van der Waals surface area contributed by atoms with E-state index in [1.54, 1.807) is 0 Å². The van der Waals surface area contributed by atoms with Crippen molar-refractivity contribution < 1.29 is 0 Å². The van der Waals surface area contributed by atoms with Crippen molar-refractivity contribution >= 4 is 23.1 Å². The summed E-state index contributed by atoms with van der Waals surface area (Å²) < 4.78 is 0. The summed E-state index contributed by atoms with van der Waals surface area (Å²) in [6.45, 7) is 1.17. The van der Waals surface area contributed by atoms with Gasteiger partial charge in [-0.1, -0.05) is 0 Å². The molecule has 5 heteroatoms. The Morgan fingerprint density at radius 2 is 2.35 bits per heavy atom. The van der Waals surface area contributed by atoms with E-state index in [-0.39, 0.29) is 6.04 Å². The molecule has 94 valence electrons. The molecule has 1 aromatic rings. The second-order valence-corrected chi connectivity index (χ2v) is 7.20. The lowest BCUT2D eigenvalue weighted by Gasteiger charge is -2.30. The highest BCUT2D eigenvalue weighted by atomic mass is 32.2. The summed E-state index contributed by atoms with van der Waals surface area (Å²) in [6, 6.07) is 0.696. The summed E-state index contributed by atoms with van der Waals surface area (Å²) in [5, 5.41) is 1.29. The van der Waals surface area contributed by atoms with Crippen molar-refractivity contribution in [3.05, 3.63) is 15.6 Å². The summed E-state index contributed by atoms with van der Waals surface area (Å²) in [5.41, 5.74) is 7.34. The van der Waals surface area contributed by atoms with Crippen molar-refractivity contribution in [3.8, 4) is 0 Å². The maximum Gasteiger partial charge on any atom is 0.111 e. The van der Waals surface area contributed by atoms with Crippen LogP contribution < -0.4 is 5.73 Å². The summed E-state index contributed by atoms with van der Waals surface area (Å²) in [6.07, 6.45) is 3.51. The predicted molar refractivity (Wildman–Crippen MR) is 74.7 cm³/mol. The van der Waals surface area contributed by atoms with Gasteiger partial charge in [-0.05, 0) is 26.3 Å². The van der Waals surface area contributed by atoms with Crippen LogP contribution in [0.15, 0.2) is 0 Å². The lowest BCUT2D eigenvalue weighted by Crippen LogP contribution is -2.32. The second kappa shape index (κ2) is 4.88. The Balaban J connectivity index is 1.88. The lowest BCUT2D eigenvalue weighted by atomic mass is 9.99. The molecule has 0 spiro atoms. The summed E-state index contributed by atoms with van der Waals surface area (Å²) >= 11 is 3.95. The zero-order chi connectivity index (χ0) is 11.8. The summed E-state index contributed by atoms with van der Waals surface area (Å²) in [4.78, 5) is 8.73. The van der Waals surface area contributed by atoms with Gasteiger partial charge < -0.3 is 5.73 Å². The fourth-order valence-electron chi connectivity index (χ4n) is 2.56. The predicted octanol–water partition coefficient (Wildman–Crippen LogP) is 2.20. The minimum atomic E-state index is 0.185. The van der Waals surface area contributed by atoms with E-state index in [0.717, 1.165) is 6.42 Å². The van der Waals surface area contributed by atoms with Crippen molar-refractivity contribution in [2.24, 2.45) is 5.73 Å². The van der Waals surface area contributed by atoms with Crippen LogP contribution >= 0.6 is 23.1 Å². The monoisotopic (exact) mass is 269 g/mol. The van der Waals surface area contributed by atoms with E-state index in [1.807, 2.05) is 23.1 Å². The summed E-state index contributed by atoms with van der Waals surface area (Å²) in [7, 11) is 2.21. The molecule has 0 amide bonds. The van der Waals surface area contributed by atoms with Gasteiger partial charge in [0.1, 0.15) is 5.01 Å². The molecule has 1 fully saturated rings. The van der Waals surface area contributed by atoms with Crippen LogP contribution in [0.25, 0.3) is 0 Å². The number of rotatable bonds is 1. The topological polar surface area (TPSA) is 42.2 Å². The van der Waals surface area contributed by atoms with Gasteiger partial charge in [-0.15, -0.1) is 11.3 Å². The summed E-state index contributed by atoms with van der Waals surface area (Å²) in [5.74, 6) is 2.43. The van der Waals surface area contributed by atoms with Crippen LogP contribution in [0, 0.1) is 0 Å². The van der Waals surface area contributed by atoms with Crippen molar-refractivity contribution in [3.63, 3.8) is 0 Å². The SMILES string of the molecule is CN1CCSCC1c1nc2c(s1)CCCC2N. The molecular weight excluding hydrogens is 250 g/mol. The number of aromatic nitrogens is 1. The molecule has 0 bridgehead atoms. The fraction of sp³-hybridized carbons (Fsp3) is 0.750. The number of fused-ring (bicyclic) bond motifs is 1. The molecule has 1 aliphatic carbocycles. The molecule has 17 heavy (non-hydrogen) atoms. The first-order valence-corrected chi connectivity index (χ1v) is 8.26. The average Bonchev–Trinajstić information content (AvgIpc) is 2.75. The van der Waals surface area contributed by atoms with Crippen molar-refractivity contribution in [2.75, 3.05) is 25.1 Å². The van der Waals surface area contributed by atoms with E-state index in [2.05, 4.69) is 11.9 Å². The lowest BCUT2D eigenvalue weighted by molar-refractivity contribution is 0.273. The van der Waals surface area contributed by atoms with Crippen LogP contribution in [0.3, 0.4) is 0 Å². The molecule has 1 aliphatic heterocycles. The number of thioether (sulfide) groups is 1. The van der Waals surface area contributed by atoms with Crippen LogP contribution in [0.1, 0.15) is 40.5 Å². The Bertz CT molecular complexity index is 404. The molecule has 2 heterocycles. The highest BCUT2D eigenvalue weighted by molar-refractivity contribution is 7.99. The first kappa shape index (κ1) is 12.0. The zero-order valence-electron chi connectivity index (χ0n) is 10.2. The maximum atomic E-state index is 6.15. The Morgan fingerprint density at radius 3 is 3.12 bits per heavy atom. The molecule has 2 unspecified atom stereocenters. The maximum absolute atomic E-state index is 6.15. The third kappa shape index (κ3) is 2.26. The third-order valence-corrected chi connectivity index (χ3v) is 5.95. The van der Waals surface area contributed by atoms with Crippen LogP contribution in [0.4, 0.5) is 0 Å². The normalized spacial score (nSPS) is 30.2. The van der Waals surface area contributed by atoms with Gasteiger partial charge in [-0.3, -0.25) is 4.90 Å². The number of nitrogens with two attached hydrogens (primary N) is 1. The Hall–Kier alpha value is -0.100. The first-order valence-electron chi connectivity index (χ1n) is 6.29. The van der Waals surface area contributed by atoms with Crippen molar-refractivity contribution in [2.45, 2.75) is 31.3 Å². The fourth-order valence-corrected chi connectivity index (χ4v) is 5.23. The Labute approximate surface area is 111 Å². The Kier molecular flexibility index (Phi) is 3.43. The number of hydrogen-bond donors (Lipinski definition) is 1. The van der Waals surface area contributed by atoms with Crippen molar-refractivity contribution in [1.82, 2.24) is 9.88 Å². The third-order valence-electron chi connectivity index (χ3n) is 3.70. The molecule has 0 saturated carbocycles. The van der Waals surface area contributed by atoms with Crippen molar-refractivity contribution in [1.29, 1.82) is 0 Å². The van der Waals surface area contributed by atoms with Gasteiger partial charge in [-0.25, -0.2) is 4.98 Å². The molecular formula is C12H19N3S2. The standard InChI is InChI=1S/C12H19N3S2/c1-15-5-6-16-7-9(15)12-14-11-8(13)3-2-4-10(11)17-12/h8-9H,2-7,13H2,1H3. The molecule has 0 aromatic carbocycles. The molecule has 0 radical (unpaired) electrons. The van der Waals surface area contributed by atoms with Gasteiger partial charge in [0.2, 0.25) is 0 Å². The smallest absolute Gasteiger partial charge is 0.111 e. The van der Waals surface area contributed by atoms with Crippen LogP contribution in [-0.4, -0.2) is 35.0 Å². The van der Waals surface area contributed by atoms with Gasteiger partial charge in [0.15, 0.2) is 0 Å². The number of aryl methyl sites for hydroxylation is 1. The second-order valence-electron chi connectivity index (χ2n) is 4.93. The molecule has 3 rings (SSSR count). The van der Waals surface area contributed by atoms with E-state index in [1.165, 1.54) is 46.5 Å². The largest absolute Gasteiger partial charge is 0.323 e. The molecule has 1 saturated heterocycles. The zero-order valence-corrected chi connectivity index (χ0v) is 11.8. The van der Waals surface area contributed by atoms with E-state index in [4.69, 9.17) is 10.7 Å². The van der Waals surface area contributed by atoms with E-state index >= 15 is 0 Å². The minimum absolute atomic E-state index is 0.185. The highest BCUT2D eigenvalue weighted by Crippen LogP contribution is 2.37. The van der Waals surface area contributed by atoms with E-state index < -0.39 is 0 Å². The van der Waals surface area contributed by atoms with Gasteiger partial charge in [0.25, 0.3) is 0 Å². The van der Waals surface area contributed by atoms with Crippen LogP contribution in [0.5, 0.6) is 0 Å². The van der Waals surface area contributed by atoms with Gasteiger partial charge in [0, 0.05) is 29.0 Å². The highest BCUT2D eigenvalue weighted by Gasteiger charge is 2.28. The first-order chi connectivity index (χ1) is 8.25. The van der Waals surface area contributed by atoms with Gasteiger partial charge in [0.05, 0.1) is 11.7 Å². The Morgan fingerprint density at radius 1 is 1.47 bits per heavy atom. The molecule has 2 aliphatic rings. The van der Waals surface area contributed by atoms with E-state index in [0.29, 0.717) is 6.04 Å². The molecule has 1 aromatic heterocycles. The minimum Gasteiger partial charge on any atom is -0.323 e. The molecule has 2 atom stereocenters. The average molecular weight is 269 g/mol. The number of nitrogens with zero attached hydrogens (tertiary/aromatic N) is 2. The van der Waals surface area contributed by atoms with E-state index in [9.17, 15) is 0 Å². The number of thiazole rings is 1. The molecule has 3 nitrogen and oxygen atoms in total. The number of hydrogen-bond acceptors (Lipinski definition) is 5. The molecule has 2 N–H and O–H groups in total.